The van der Waals surface area contributed by atoms with Crippen LogP contribution in [0.15, 0.2) is 45.9 Å². The second kappa shape index (κ2) is 10.00. The van der Waals surface area contributed by atoms with Gasteiger partial charge in [-0.1, -0.05) is 0 Å². The second-order valence-electron chi connectivity index (χ2n) is 4.80. The topological polar surface area (TPSA) is 89.5 Å². The van der Waals surface area contributed by atoms with E-state index in [0.717, 1.165) is 4.47 Å². The number of likely N-dealkylation sites (N-methyl/N-ethyl adjacent to an activating group) is 1. The van der Waals surface area contributed by atoms with Crippen LogP contribution in [0.25, 0.3) is 0 Å². The van der Waals surface area contributed by atoms with Gasteiger partial charge in [0.15, 0.2) is 0 Å². The summed E-state index contributed by atoms with van der Waals surface area (Å²) in [6.07, 6.45) is 5.98. The van der Waals surface area contributed by atoms with Gasteiger partial charge in [0.25, 0.3) is 11.7 Å². The van der Waals surface area contributed by atoms with Gasteiger partial charge in [-0.25, -0.2) is 4.79 Å². The number of amides is 1. The summed E-state index contributed by atoms with van der Waals surface area (Å²) in [5.74, 6) is -1.48. The minimum absolute atomic E-state index is 0.290. The Morgan fingerprint density at radius 2 is 1.40 bits per heavy atom. The maximum Gasteiger partial charge on any atom is 0.339 e. The summed E-state index contributed by atoms with van der Waals surface area (Å²) < 4.78 is 5.93. The quantitative estimate of drug-likeness (QED) is 0.387. The molecule has 2 aromatic rings. The third-order valence-corrected chi connectivity index (χ3v) is 3.56. The molecule has 0 saturated heterocycles. The molecule has 0 radical (unpaired) electrons. The summed E-state index contributed by atoms with van der Waals surface area (Å²) >= 11 is 6.37. The highest BCUT2D eigenvalue weighted by Crippen LogP contribution is 2.11. The monoisotopic (exact) mass is 471 g/mol. The Labute approximate surface area is 161 Å². The molecule has 2 aromatic heterocycles. The van der Waals surface area contributed by atoms with Crippen molar-refractivity contribution in [2.24, 2.45) is 0 Å². The van der Waals surface area contributed by atoms with Crippen LogP contribution in [0.1, 0.15) is 20.7 Å². The SMILES string of the molecule is CN(C)C(=O)C(=O)c1cncc(Br)c1.COC(=O)c1cncc(Br)c1. The number of pyridine rings is 2. The average Bonchev–Trinajstić information content (AvgIpc) is 2.60. The zero-order chi connectivity index (χ0) is 19.0. The van der Waals surface area contributed by atoms with Gasteiger partial charge >= 0.3 is 5.97 Å². The van der Waals surface area contributed by atoms with Gasteiger partial charge < -0.3 is 9.64 Å². The molecule has 2 rings (SSSR count). The van der Waals surface area contributed by atoms with Crippen LogP contribution >= 0.6 is 31.9 Å². The van der Waals surface area contributed by atoms with Gasteiger partial charge in [0, 0.05) is 53.4 Å². The molecule has 25 heavy (non-hydrogen) atoms. The number of methoxy groups -OCH3 is 1. The number of nitrogens with zero attached hydrogens (tertiary/aromatic N) is 3. The van der Waals surface area contributed by atoms with Gasteiger partial charge in [-0.2, -0.15) is 0 Å². The Bertz CT molecular complexity index is 781. The lowest BCUT2D eigenvalue weighted by Crippen LogP contribution is -2.29. The summed E-state index contributed by atoms with van der Waals surface area (Å²) in [4.78, 5) is 42.5. The largest absolute Gasteiger partial charge is 0.465 e. The lowest BCUT2D eigenvalue weighted by atomic mass is 10.2. The number of hydrogen-bond donors (Lipinski definition) is 0. The Hall–Kier alpha value is -2.13. The Morgan fingerprint density at radius 1 is 0.920 bits per heavy atom. The first kappa shape index (κ1) is 20.9. The van der Waals surface area contributed by atoms with Crippen molar-refractivity contribution in [3.05, 3.63) is 57.0 Å². The van der Waals surface area contributed by atoms with E-state index in [-0.39, 0.29) is 11.5 Å². The highest BCUT2D eigenvalue weighted by atomic mass is 79.9. The number of esters is 1. The molecule has 132 valence electrons. The van der Waals surface area contributed by atoms with Crippen LogP contribution in [-0.2, 0) is 9.53 Å². The molecule has 2 heterocycles. The molecule has 9 heteroatoms. The van der Waals surface area contributed by atoms with Crippen LogP contribution < -0.4 is 0 Å². The third-order valence-electron chi connectivity index (χ3n) is 2.69. The number of hydrogen-bond acceptors (Lipinski definition) is 6. The molecular weight excluding hydrogens is 458 g/mol. The average molecular weight is 473 g/mol. The molecule has 0 aromatic carbocycles. The van der Waals surface area contributed by atoms with Gasteiger partial charge in [0.2, 0.25) is 0 Å². The van der Waals surface area contributed by atoms with E-state index in [4.69, 9.17) is 0 Å². The van der Waals surface area contributed by atoms with Gasteiger partial charge in [0.05, 0.1) is 12.7 Å². The predicted octanol–water partition coefficient (Wildman–Crippen LogP) is 2.75. The van der Waals surface area contributed by atoms with E-state index < -0.39 is 11.7 Å². The summed E-state index contributed by atoms with van der Waals surface area (Å²) in [6.45, 7) is 0. The summed E-state index contributed by atoms with van der Waals surface area (Å²) in [5.41, 5.74) is 0.736. The van der Waals surface area contributed by atoms with E-state index in [0.29, 0.717) is 10.0 Å². The van der Waals surface area contributed by atoms with Gasteiger partial charge in [0.1, 0.15) is 0 Å². The van der Waals surface area contributed by atoms with Crippen LogP contribution in [0.2, 0.25) is 0 Å². The first-order valence-electron chi connectivity index (χ1n) is 6.81. The predicted molar refractivity (Wildman–Crippen MR) is 98.2 cm³/mol. The first-order chi connectivity index (χ1) is 11.8. The number of ketones is 1. The van der Waals surface area contributed by atoms with Crippen LogP contribution in [0.3, 0.4) is 0 Å². The third kappa shape index (κ3) is 6.71. The van der Waals surface area contributed by atoms with Crippen molar-refractivity contribution in [3.8, 4) is 0 Å². The number of ether oxygens (including phenoxy) is 1. The summed E-state index contributed by atoms with van der Waals surface area (Å²) in [7, 11) is 4.40. The molecule has 0 aliphatic heterocycles. The number of Topliss-reactive ketones (excluding diaryl/α,β-unsaturated/α-hetero) is 1. The molecule has 0 spiro atoms. The van der Waals surface area contributed by atoms with Crippen molar-refractivity contribution in [2.45, 2.75) is 0 Å². The standard InChI is InChI=1S/C9H9BrN2O2.C7H6BrNO2/c1-12(2)9(14)8(13)6-3-7(10)5-11-4-6;1-11-7(10)5-2-6(8)4-9-3-5/h3-5H,1-2H3;2-4H,1H3. The molecule has 0 unspecified atom stereocenters. The molecule has 0 bridgehead atoms. The molecule has 7 nitrogen and oxygen atoms in total. The van der Waals surface area contributed by atoms with Crippen molar-refractivity contribution >= 4 is 49.5 Å². The number of rotatable bonds is 3. The molecule has 0 fully saturated rings. The second-order valence-corrected chi connectivity index (χ2v) is 6.64. The fourth-order valence-electron chi connectivity index (χ4n) is 1.50. The molecule has 1 amide bonds. The van der Waals surface area contributed by atoms with Crippen molar-refractivity contribution in [1.29, 1.82) is 0 Å². The highest BCUT2D eigenvalue weighted by Gasteiger charge is 2.18. The van der Waals surface area contributed by atoms with E-state index in [1.54, 1.807) is 24.5 Å². The van der Waals surface area contributed by atoms with Crippen LogP contribution in [0.5, 0.6) is 0 Å². The number of halogens is 2. The number of aromatic nitrogens is 2. The molecule has 0 atom stereocenters. The van der Waals surface area contributed by atoms with Crippen molar-refractivity contribution in [3.63, 3.8) is 0 Å². The zero-order valence-corrected chi connectivity index (χ0v) is 16.9. The minimum atomic E-state index is -0.552. The first-order valence-corrected chi connectivity index (χ1v) is 8.40. The van der Waals surface area contributed by atoms with E-state index in [1.807, 2.05) is 0 Å². The van der Waals surface area contributed by atoms with E-state index >= 15 is 0 Å². The maximum atomic E-state index is 11.5. The minimum Gasteiger partial charge on any atom is -0.465 e. The van der Waals surface area contributed by atoms with Crippen molar-refractivity contribution < 1.29 is 19.1 Å². The number of carbonyl (C=O) groups excluding carboxylic acids is 3. The maximum absolute atomic E-state index is 11.5. The normalized spacial score (nSPS) is 9.48. The van der Waals surface area contributed by atoms with Crippen LogP contribution in [-0.4, -0.2) is 53.7 Å². The number of carbonyl (C=O) groups is 3. The molecule has 0 saturated carbocycles. The molecule has 0 aliphatic rings. The summed E-state index contributed by atoms with van der Waals surface area (Å²) in [5, 5.41) is 0. The fourth-order valence-corrected chi connectivity index (χ4v) is 2.23. The molecule has 0 aliphatic carbocycles. The zero-order valence-electron chi connectivity index (χ0n) is 13.7. The van der Waals surface area contributed by atoms with Crippen molar-refractivity contribution in [1.82, 2.24) is 14.9 Å². The van der Waals surface area contributed by atoms with E-state index in [9.17, 15) is 14.4 Å². The smallest absolute Gasteiger partial charge is 0.339 e. The van der Waals surface area contributed by atoms with E-state index in [1.165, 1.54) is 38.5 Å². The van der Waals surface area contributed by atoms with Gasteiger partial charge in [-0.05, 0) is 44.0 Å². The van der Waals surface area contributed by atoms with Crippen LogP contribution in [0, 0.1) is 0 Å². The lowest BCUT2D eigenvalue weighted by Gasteiger charge is -2.08. The van der Waals surface area contributed by atoms with Crippen molar-refractivity contribution in [2.75, 3.05) is 21.2 Å². The van der Waals surface area contributed by atoms with Gasteiger partial charge in [-0.15, -0.1) is 0 Å². The molecular formula is C16H15Br2N3O4. The van der Waals surface area contributed by atoms with E-state index in [2.05, 4.69) is 46.6 Å². The highest BCUT2D eigenvalue weighted by molar-refractivity contribution is 9.10. The Morgan fingerprint density at radius 3 is 1.84 bits per heavy atom. The van der Waals surface area contributed by atoms with Gasteiger partial charge in [-0.3, -0.25) is 19.6 Å². The van der Waals surface area contributed by atoms with Crippen LogP contribution in [0.4, 0.5) is 0 Å². The lowest BCUT2D eigenvalue weighted by molar-refractivity contribution is -0.124. The summed E-state index contributed by atoms with van der Waals surface area (Å²) in [6, 6.07) is 3.22. The Balaban J connectivity index is 0.000000257. The molecule has 0 N–H and O–H groups in total. The fraction of sp³-hybridized carbons (Fsp3) is 0.188. The Kier molecular flexibility index (Phi) is 8.36.